The largest absolute Gasteiger partial charge is 0.481 e. The summed E-state index contributed by atoms with van der Waals surface area (Å²) in [5.41, 5.74) is 2.41. The molecule has 1 atom stereocenters. The van der Waals surface area contributed by atoms with Gasteiger partial charge in [-0.25, -0.2) is 19.6 Å². The van der Waals surface area contributed by atoms with Crippen molar-refractivity contribution in [3.05, 3.63) is 17.9 Å². The SMILES string of the molecule is C#CCN1C(=O)COc2cc(F)c(N3NC(=O)OC3C(C)(C)C)cc21. The summed E-state index contributed by atoms with van der Waals surface area (Å²) in [6, 6.07) is 2.59. The van der Waals surface area contributed by atoms with E-state index in [1.165, 1.54) is 22.0 Å². The van der Waals surface area contributed by atoms with Crippen molar-refractivity contribution in [1.29, 1.82) is 0 Å². The van der Waals surface area contributed by atoms with Crippen molar-refractivity contribution in [1.82, 2.24) is 5.43 Å². The van der Waals surface area contributed by atoms with Gasteiger partial charge in [-0.3, -0.25) is 9.69 Å². The molecule has 0 aliphatic carbocycles. The summed E-state index contributed by atoms with van der Waals surface area (Å²) in [5, 5.41) is 1.31. The molecule has 0 spiro atoms. The maximum absolute atomic E-state index is 14.7. The fourth-order valence-electron chi connectivity index (χ4n) is 2.75. The Balaban J connectivity index is 2.07. The first-order chi connectivity index (χ1) is 11.7. The number of fused-ring (bicyclic) bond motifs is 1. The van der Waals surface area contributed by atoms with Crippen LogP contribution in [0, 0.1) is 23.6 Å². The molecule has 0 bridgehead atoms. The van der Waals surface area contributed by atoms with Crippen LogP contribution in [0.15, 0.2) is 12.1 Å². The van der Waals surface area contributed by atoms with Crippen molar-refractivity contribution < 1.29 is 23.5 Å². The zero-order valence-electron chi connectivity index (χ0n) is 14.1. The molecule has 1 unspecified atom stereocenters. The number of nitrogens with zero attached hydrogens (tertiary/aromatic N) is 2. The van der Waals surface area contributed by atoms with Gasteiger partial charge in [-0.15, -0.1) is 6.42 Å². The first-order valence-electron chi connectivity index (χ1n) is 7.69. The predicted octanol–water partition coefficient (Wildman–Crippen LogP) is 2.02. The zero-order chi connectivity index (χ0) is 18.4. The third-order valence-electron chi connectivity index (χ3n) is 3.89. The van der Waals surface area contributed by atoms with E-state index in [1.807, 2.05) is 20.8 Å². The number of cyclic esters (lactones) is 1. The van der Waals surface area contributed by atoms with Gasteiger partial charge in [0.05, 0.1) is 17.9 Å². The van der Waals surface area contributed by atoms with Gasteiger partial charge in [0, 0.05) is 11.5 Å². The molecule has 3 rings (SSSR count). The van der Waals surface area contributed by atoms with E-state index in [0.29, 0.717) is 5.69 Å². The molecule has 1 fully saturated rings. The molecule has 2 aliphatic rings. The van der Waals surface area contributed by atoms with Crippen LogP contribution < -0.4 is 20.1 Å². The average Bonchev–Trinajstić information content (AvgIpc) is 2.92. The van der Waals surface area contributed by atoms with E-state index in [0.717, 1.165) is 0 Å². The van der Waals surface area contributed by atoms with Crippen molar-refractivity contribution in [3.63, 3.8) is 0 Å². The summed E-state index contributed by atoms with van der Waals surface area (Å²) in [6.45, 7) is 5.41. The second-order valence-electron chi connectivity index (χ2n) is 6.85. The number of carbonyl (C=O) groups is 2. The maximum atomic E-state index is 14.7. The third kappa shape index (κ3) is 2.93. The molecule has 132 valence electrons. The molecule has 7 nitrogen and oxygen atoms in total. The number of hydrogen-bond acceptors (Lipinski definition) is 5. The minimum atomic E-state index is -0.728. The smallest absolute Gasteiger partial charge is 0.428 e. The van der Waals surface area contributed by atoms with E-state index in [1.54, 1.807) is 0 Å². The topological polar surface area (TPSA) is 71.1 Å². The van der Waals surface area contributed by atoms with E-state index in [-0.39, 0.29) is 30.5 Å². The Bertz CT molecular complexity index is 781. The first-order valence-corrected chi connectivity index (χ1v) is 7.69. The number of hydrogen-bond donors (Lipinski definition) is 1. The van der Waals surface area contributed by atoms with Crippen molar-refractivity contribution in [2.75, 3.05) is 23.1 Å². The molecule has 1 aromatic carbocycles. The van der Waals surface area contributed by atoms with Crippen molar-refractivity contribution >= 4 is 23.4 Å². The number of ether oxygens (including phenoxy) is 2. The summed E-state index contributed by atoms with van der Waals surface area (Å²) in [5.74, 6) is 1.68. The van der Waals surface area contributed by atoms with Gasteiger partial charge in [0.25, 0.3) is 5.91 Å². The zero-order valence-corrected chi connectivity index (χ0v) is 14.1. The Kier molecular flexibility index (Phi) is 3.95. The van der Waals surface area contributed by atoms with Crippen LogP contribution in [0.4, 0.5) is 20.6 Å². The van der Waals surface area contributed by atoms with Crippen LogP contribution in [0.1, 0.15) is 20.8 Å². The van der Waals surface area contributed by atoms with Crippen molar-refractivity contribution in [3.8, 4) is 18.1 Å². The second kappa shape index (κ2) is 5.84. The highest BCUT2D eigenvalue weighted by Crippen LogP contribution is 2.40. The minimum absolute atomic E-state index is 0.0336. The van der Waals surface area contributed by atoms with E-state index < -0.39 is 23.6 Å². The van der Waals surface area contributed by atoms with Crippen molar-refractivity contribution in [2.45, 2.75) is 27.0 Å². The summed E-state index contributed by atoms with van der Waals surface area (Å²) < 4.78 is 25.2. The molecule has 8 heteroatoms. The van der Waals surface area contributed by atoms with Gasteiger partial charge in [0.15, 0.2) is 18.7 Å². The van der Waals surface area contributed by atoms with Crippen LogP contribution in [0.25, 0.3) is 0 Å². The lowest BCUT2D eigenvalue weighted by Gasteiger charge is -2.34. The minimum Gasteiger partial charge on any atom is -0.481 e. The van der Waals surface area contributed by atoms with Gasteiger partial charge >= 0.3 is 6.09 Å². The lowest BCUT2D eigenvalue weighted by molar-refractivity contribution is -0.121. The van der Waals surface area contributed by atoms with Crippen molar-refractivity contribution in [2.24, 2.45) is 5.41 Å². The molecule has 1 N–H and O–H groups in total. The summed E-state index contributed by atoms with van der Waals surface area (Å²) in [6.07, 6.45) is 3.92. The molecule has 1 aromatic rings. The molecule has 1 saturated heterocycles. The normalized spacial score (nSPS) is 19.7. The Morgan fingerprint density at radius 1 is 1.36 bits per heavy atom. The van der Waals surface area contributed by atoms with E-state index >= 15 is 0 Å². The standard InChI is InChI=1S/C17H18FN3O4/c1-5-6-20-12-8-11(10(18)7-13(12)24-9-14(20)22)21-15(17(2,3)4)25-16(23)19-21/h1,7-8,15H,6,9H2,2-4H3,(H,19,23). The number of carbonyl (C=O) groups excluding carboxylic acids is 2. The Labute approximate surface area is 144 Å². The van der Waals surface area contributed by atoms with Gasteiger partial charge < -0.3 is 9.47 Å². The monoisotopic (exact) mass is 347 g/mol. The summed E-state index contributed by atoms with van der Waals surface area (Å²) in [4.78, 5) is 25.1. The summed E-state index contributed by atoms with van der Waals surface area (Å²) >= 11 is 0. The number of hydrazine groups is 1. The van der Waals surface area contributed by atoms with Gasteiger partial charge in [-0.2, -0.15) is 0 Å². The number of nitrogens with one attached hydrogen (secondary N) is 1. The predicted molar refractivity (Wildman–Crippen MR) is 88.4 cm³/mol. The van der Waals surface area contributed by atoms with Gasteiger partial charge in [-0.1, -0.05) is 26.7 Å². The number of benzene rings is 1. The maximum Gasteiger partial charge on any atom is 0.428 e. The van der Waals surface area contributed by atoms with Gasteiger partial charge in [-0.05, 0) is 6.07 Å². The highest BCUT2D eigenvalue weighted by atomic mass is 19.1. The van der Waals surface area contributed by atoms with Crippen LogP contribution in [-0.2, 0) is 9.53 Å². The quantitative estimate of drug-likeness (QED) is 0.829. The molecule has 2 aliphatic heterocycles. The number of amides is 2. The van der Waals surface area contributed by atoms with Crippen LogP contribution in [0.2, 0.25) is 0 Å². The molecule has 0 radical (unpaired) electrons. The number of rotatable bonds is 2. The van der Waals surface area contributed by atoms with E-state index in [9.17, 15) is 14.0 Å². The van der Waals surface area contributed by atoms with Crippen LogP contribution in [0.5, 0.6) is 5.75 Å². The second-order valence-corrected chi connectivity index (χ2v) is 6.85. The third-order valence-corrected chi connectivity index (χ3v) is 3.89. The fourth-order valence-corrected chi connectivity index (χ4v) is 2.75. The fraction of sp³-hybridized carbons (Fsp3) is 0.412. The number of terminal acetylenes is 1. The Morgan fingerprint density at radius 3 is 2.72 bits per heavy atom. The highest BCUT2D eigenvalue weighted by Gasteiger charge is 2.42. The number of halogens is 1. The number of anilines is 2. The van der Waals surface area contributed by atoms with E-state index in [2.05, 4.69) is 11.3 Å². The first kappa shape index (κ1) is 16.9. The molecule has 25 heavy (non-hydrogen) atoms. The molecule has 0 saturated carbocycles. The molecular weight excluding hydrogens is 329 g/mol. The highest BCUT2D eigenvalue weighted by molar-refractivity contribution is 5.99. The average molecular weight is 347 g/mol. The lowest BCUT2D eigenvalue weighted by atomic mass is 9.93. The molecule has 2 heterocycles. The lowest BCUT2D eigenvalue weighted by Crippen LogP contribution is -2.46. The van der Waals surface area contributed by atoms with Crippen LogP contribution in [0.3, 0.4) is 0 Å². The van der Waals surface area contributed by atoms with Crippen LogP contribution in [-0.4, -0.2) is 31.4 Å². The summed E-state index contributed by atoms with van der Waals surface area (Å²) in [7, 11) is 0. The Hall–Kier alpha value is -2.95. The molecule has 0 aromatic heterocycles. The molecular formula is C17H18FN3O4. The Morgan fingerprint density at radius 2 is 2.08 bits per heavy atom. The molecule has 2 amide bonds. The van der Waals surface area contributed by atoms with Crippen LogP contribution >= 0.6 is 0 Å². The van der Waals surface area contributed by atoms with E-state index in [4.69, 9.17) is 15.9 Å². The van der Waals surface area contributed by atoms with Gasteiger partial charge in [0.1, 0.15) is 5.75 Å². The van der Waals surface area contributed by atoms with Gasteiger partial charge in [0.2, 0.25) is 0 Å².